The van der Waals surface area contributed by atoms with E-state index in [0.29, 0.717) is 17.9 Å². The highest BCUT2D eigenvalue weighted by Gasteiger charge is 2.32. The highest BCUT2D eigenvalue weighted by Crippen LogP contribution is 2.31. The van der Waals surface area contributed by atoms with Crippen molar-refractivity contribution in [3.63, 3.8) is 0 Å². The SMILES string of the molecule is CC1CCCN(C2CC(C)c3nc(NC(=O)c4ccco4)nn3C2)C1. The molecule has 2 aliphatic rings. The molecule has 25 heavy (non-hydrogen) atoms. The van der Waals surface area contributed by atoms with Crippen LogP contribution in [0.25, 0.3) is 0 Å². The van der Waals surface area contributed by atoms with Crippen molar-refractivity contribution in [2.75, 3.05) is 18.4 Å². The third-order valence-corrected chi connectivity index (χ3v) is 5.33. The number of piperidine rings is 1. The molecule has 0 aromatic carbocycles. The van der Waals surface area contributed by atoms with Crippen LogP contribution in [0.5, 0.6) is 0 Å². The minimum atomic E-state index is -0.318. The second kappa shape index (κ2) is 6.63. The molecule has 1 fully saturated rings. The molecule has 2 aromatic rings. The summed E-state index contributed by atoms with van der Waals surface area (Å²) in [5.74, 6) is 2.36. The van der Waals surface area contributed by atoms with Crippen molar-refractivity contribution < 1.29 is 9.21 Å². The number of carbonyl (C=O) groups excluding carboxylic acids is 1. The topological polar surface area (TPSA) is 76.2 Å². The molecule has 0 saturated carbocycles. The zero-order valence-electron chi connectivity index (χ0n) is 14.8. The lowest BCUT2D eigenvalue weighted by Crippen LogP contribution is -2.46. The van der Waals surface area contributed by atoms with Gasteiger partial charge in [-0.25, -0.2) is 4.68 Å². The van der Waals surface area contributed by atoms with Gasteiger partial charge in [-0.1, -0.05) is 13.8 Å². The Hall–Kier alpha value is -2.15. The standard InChI is InChI=1S/C18H25N5O2/c1-12-5-3-7-22(10-12)14-9-13(2)16-19-18(21-23(16)11-14)20-17(24)15-6-4-8-25-15/h4,6,8,12-14H,3,5,7,9-11H2,1-2H3,(H,20,21,24). The highest BCUT2D eigenvalue weighted by molar-refractivity contribution is 6.01. The van der Waals surface area contributed by atoms with Crippen molar-refractivity contribution in [1.29, 1.82) is 0 Å². The number of hydrogen-bond acceptors (Lipinski definition) is 5. The summed E-state index contributed by atoms with van der Waals surface area (Å²) >= 11 is 0. The molecule has 3 atom stereocenters. The molecule has 0 bridgehead atoms. The van der Waals surface area contributed by atoms with E-state index in [1.54, 1.807) is 12.1 Å². The molecule has 1 N–H and O–H groups in total. The molecule has 1 amide bonds. The second-order valence-corrected chi connectivity index (χ2v) is 7.44. The van der Waals surface area contributed by atoms with Crippen LogP contribution in [0.4, 0.5) is 5.95 Å². The van der Waals surface area contributed by atoms with Crippen LogP contribution in [-0.2, 0) is 6.54 Å². The maximum Gasteiger partial charge on any atom is 0.293 e. The van der Waals surface area contributed by atoms with Gasteiger partial charge in [0.25, 0.3) is 5.91 Å². The minimum Gasteiger partial charge on any atom is -0.459 e. The third-order valence-electron chi connectivity index (χ3n) is 5.33. The van der Waals surface area contributed by atoms with E-state index in [9.17, 15) is 4.79 Å². The van der Waals surface area contributed by atoms with E-state index in [4.69, 9.17) is 4.42 Å². The number of anilines is 1. The number of hydrogen-bond donors (Lipinski definition) is 1. The smallest absolute Gasteiger partial charge is 0.293 e. The molecule has 0 aliphatic carbocycles. The molecule has 0 spiro atoms. The third kappa shape index (κ3) is 3.33. The summed E-state index contributed by atoms with van der Waals surface area (Å²) in [5.41, 5.74) is 0. The number of amides is 1. The lowest BCUT2D eigenvalue weighted by atomic mass is 9.92. The monoisotopic (exact) mass is 343 g/mol. The Kier molecular flexibility index (Phi) is 4.33. The fourth-order valence-corrected chi connectivity index (χ4v) is 4.09. The summed E-state index contributed by atoms with van der Waals surface area (Å²) in [6.45, 7) is 7.72. The van der Waals surface area contributed by atoms with Gasteiger partial charge >= 0.3 is 0 Å². The Bertz CT molecular complexity index is 739. The molecule has 7 heteroatoms. The van der Waals surface area contributed by atoms with Crippen LogP contribution in [0.3, 0.4) is 0 Å². The number of aromatic nitrogens is 3. The van der Waals surface area contributed by atoms with E-state index in [1.165, 1.54) is 32.2 Å². The summed E-state index contributed by atoms with van der Waals surface area (Å²) < 4.78 is 7.08. The minimum absolute atomic E-state index is 0.265. The molecule has 3 unspecified atom stereocenters. The summed E-state index contributed by atoms with van der Waals surface area (Å²) in [4.78, 5) is 19.3. The Balaban J connectivity index is 1.48. The van der Waals surface area contributed by atoms with Crippen LogP contribution in [0, 0.1) is 5.92 Å². The number of rotatable bonds is 3. The lowest BCUT2D eigenvalue weighted by molar-refractivity contribution is 0.0944. The largest absolute Gasteiger partial charge is 0.459 e. The van der Waals surface area contributed by atoms with E-state index >= 15 is 0 Å². The van der Waals surface area contributed by atoms with Crippen LogP contribution in [0.1, 0.15) is 55.4 Å². The quantitative estimate of drug-likeness (QED) is 0.927. The normalized spacial score (nSPS) is 27.0. The number of nitrogens with zero attached hydrogens (tertiary/aromatic N) is 4. The molecule has 1 saturated heterocycles. The summed E-state index contributed by atoms with van der Waals surface area (Å²) in [5, 5.41) is 7.25. The van der Waals surface area contributed by atoms with E-state index in [0.717, 1.165) is 24.7 Å². The predicted molar refractivity (Wildman–Crippen MR) is 93.5 cm³/mol. The number of likely N-dealkylation sites (tertiary alicyclic amines) is 1. The average Bonchev–Trinajstić information content (AvgIpc) is 3.24. The van der Waals surface area contributed by atoms with Gasteiger partial charge in [0, 0.05) is 18.5 Å². The molecule has 2 aliphatic heterocycles. The van der Waals surface area contributed by atoms with Crippen molar-refractivity contribution in [2.45, 2.75) is 51.6 Å². The summed E-state index contributed by atoms with van der Waals surface area (Å²) in [7, 11) is 0. The average molecular weight is 343 g/mol. The first kappa shape index (κ1) is 16.3. The van der Waals surface area contributed by atoms with Crippen LogP contribution in [0.15, 0.2) is 22.8 Å². The number of furan rings is 1. The van der Waals surface area contributed by atoms with E-state index in [2.05, 4.69) is 34.1 Å². The van der Waals surface area contributed by atoms with Gasteiger partial charge < -0.3 is 4.42 Å². The van der Waals surface area contributed by atoms with Gasteiger partial charge in [0.15, 0.2) is 5.76 Å². The van der Waals surface area contributed by atoms with Crippen LogP contribution >= 0.6 is 0 Å². The van der Waals surface area contributed by atoms with Gasteiger partial charge in [0.2, 0.25) is 5.95 Å². The Labute approximate surface area is 147 Å². The lowest BCUT2D eigenvalue weighted by Gasteiger charge is -2.40. The van der Waals surface area contributed by atoms with Gasteiger partial charge in [-0.05, 0) is 43.9 Å². The number of nitrogens with one attached hydrogen (secondary N) is 1. The first-order valence-electron chi connectivity index (χ1n) is 9.14. The zero-order valence-corrected chi connectivity index (χ0v) is 14.8. The fraction of sp³-hybridized carbons (Fsp3) is 0.611. The maximum atomic E-state index is 12.1. The van der Waals surface area contributed by atoms with Crippen LogP contribution < -0.4 is 5.32 Å². The molecule has 2 aromatic heterocycles. The number of carbonyl (C=O) groups is 1. The molecular weight excluding hydrogens is 318 g/mol. The molecule has 134 valence electrons. The Morgan fingerprint density at radius 2 is 2.24 bits per heavy atom. The van der Waals surface area contributed by atoms with Crippen molar-refractivity contribution in [3.8, 4) is 0 Å². The van der Waals surface area contributed by atoms with Gasteiger partial charge in [0.05, 0.1) is 12.8 Å². The fourth-order valence-electron chi connectivity index (χ4n) is 4.09. The van der Waals surface area contributed by atoms with E-state index in [-0.39, 0.29) is 11.7 Å². The molecule has 4 rings (SSSR count). The summed E-state index contributed by atoms with van der Waals surface area (Å²) in [6.07, 6.45) is 5.18. The van der Waals surface area contributed by atoms with Crippen molar-refractivity contribution in [3.05, 3.63) is 30.0 Å². The maximum absolute atomic E-state index is 12.1. The van der Waals surface area contributed by atoms with E-state index in [1.807, 2.05) is 4.68 Å². The Morgan fingerprint density at radius 1 is 1.36 bits per heavy atom. The van der Waals surface area contributed by atoms with E-state index < -0.39 is 0 Å². The summed E-state index contributed by atoms with van der Waals surface area (Å²) in [6, 6.07) is 3.81. The highest BCUT2D eigenvalue weighted by atomic mass is 16.3. The van der Waals surface area contributed by atoms with Crippen molar-refractivity contribution in [1.82, 2.24) is 19.7 Å². The first-order valence-corrected chi connectivity index (χ1v) is 9.14. The molecular formula is C18H25N5O2. The molecule has 0 radical (unpaired) electrons. The first-order chi connectivity index (χ1) is 12.1. The zero-order chi connectivity index (χ0) is 17.4. The molecule has 7 nitrogen and oxygen atoms in total. The van der Waals surface area contributed by atoms with Gasteiger partial charge in [-0.2, -0.15) is 4.98 Å². The van der Waals surface area contributed by atoms with Crippen LogP contribution in [0.2, 0.25) is 0 Å². The van der Waals surface area contributed by atoms with Crippen LogP contribution in [-0.4, -0.2) is 44.7 Å². The Morgan fingerprint density at radius 3 is 3.00 bits per heavy atom. The van der Waals surface area contributed by atoms with Crippen molar-refractivity contribution >= 4 is 11.9 Å². The second-order valence-electron chi connectivity index (χ2n) is 7.44. The van der Waals surface area contributed by atoms with Crippen molar-refractivity contribution in [2.24, 2.45) is 5.92 Å². The number of fused-ring (bicyclic) bond motifs is 1. The molecule has 4 heterocycles. The van der Waals surface area contributed by atoms with Gasteiger partial charge in [-0.3, -0.25) is 15.0 Å². The predicted octanol–water partition coefficient (Wildman–Crippen LogP) is 2.73. The van der Waals surface area contributed by atoms with Gasteiger partial charge in [-0.15, -0.1) is 5.10 Å². The van der Waals surface area contributed by atoms with Gasteiger partial charge in [0.1, 0.15) is 5.82 Å².